The van der Waals surface area contributed by atoms with Crippen LogP contribution in [-0.2, 0) is 0 Å². The Kier molecular flexibility index (Phi) is 5.28. The Morgan fingerprint density at radius 1 is 1.33 bits per heavy atom. The molecule has 0 bridgehead atoms. The summed E-state index contributed by atoms with van der Waals surface area (Å²) in [6.07, 6.45) is 2.28. The van der Waals surface area contributed by atoms with E-state index in [1.54, 1.807) is 6.07 Å². The van der Waals surface area contributed by atoms with Crippen LogP contribution in [0.4, 0.5) is 15.8 Å². The second-order valence-electron chi connectivity index (χ2n) is 5.97. The first-order valence-electron chi connectivity index (χ1n) is 7.62. The number of piperidine rings is 1. The summed E-state index contributed by atoms with van der Waals surface area (Å²) >= 11 is 0. The quantitative estimate of drug-likeness (QED) is 0.848. The maximum absolute atomic E-state index is 13.8. The number of hydrogen-bond donors (Lipinski definition) is 1. The molecule has 4 nitrogen and oxygen atoms in total. The molecule has 1 fully saturated rings. The van der Waals surface area contributed by atoms with Crippen LogP contribution < -0.4 is 15.4 Å². The summed E-state index contributed by atoms with van der Waals surface area (Å²) in [7, 11) is 4.22. The van der Waals surface area contributed by atoms with Gasteiger partial charge in [-0.05, 0) is 39.8 Å². The average Bonchev–Trinajstić information content (AvgIpc) is 2.42. The van der Waals surface area contributed by atoms with Crippen molar-refractivity contribution in [3.8, 4) is 5.75 Å². The zero-order valence-electron chi connectivity index (χ0n) is 13.2. The molecule has 0 spiro atoms. The minimum Gasteiger partial charge on any atom is -0.491 e. The number of nitrogens with two attached hydrogens (primary N) is 1. The number of rotatable bonds is 5. The van der Waals surface area contributed by atoms with Crippen molar-refractivity contribution in [2.45, 2.75) is 19.8 Å². The van der Waals surface area contributed by atoms with Crippen molar-refractivity contribution in [2.75, 3.05) is 51.0 Å². The van der Waals surface area contributed by atoms with Crippen molar-refractivity contribution >= 4 is 11.4 Å². The third-order valence-electron chi connectivity index (χ3n) is 3.96. The van der Waals surface area contributed by atoms with E-state index in [4.69, 9.17) is 10.5 Å². The standard InChI is InChI=1S/C16H26FN3O/c1-4-21-16-10-15(14(18)9-13(16)17)20-7-5-12(6-8-20)11-19(2)3/h9-10,12H,4-8,11,18H2,1-3H3. The van der Waals surface area contributed by atoms with Crippen LogP contribution in [0.3, 0.4) is 0 Å². The van der Waals surface area contributed by atoms with E-state index in [-0.39, 0.29) is 11.6 Å². The first-order valence-corrected chi connectivity index (χ1v) is 7.62. The van der Waals surface area contributed by atoms with E-state index in [0.717, 1.165) is 44.1 Å². The molecule has 2 rings (SSSR count). The molecular weight excluding hydrogens is 269 g/mol. The van der Waals surface area contributed by atoms with Crippen LogP contribution in [0.5, 0.6) is 5.75 Å². The molecule has 118 valence electrons. The van der Waals surface area contributed by atoms with Crippen molar-refractivity contribution in [1.29, 1.82) is 0 Å². The molecular formula is C16H26FN3O. The first kappa shape index (κ1) is 15.9. The topological polar surface area (TPSA) is 41.7 Å². The number of anilines is 2. The monoisotopic (exact) mass is 295 g/mol. The number of hydrogen-bond acceptors (Lipinski definition) is 4. The number of ether oxygens (including phenoxy) is 1. The van der Waals surface area contributed by atoms with E-state index in [1.807, 2.05) is 6.92 Å². The molecule has 5 heteroatoms. The maximum atomic E-state index is 13.8. The first-order chi connectivity index (χ1) is 10.0. The van der Waals surface area contributed by atoms with Gasteiger partial charge in [0.15, 0.2) is 11.6 Å². The molecule has 0 aliphatic carbocycles. The van der Waals surface area contributed by atoms with Gasteiger partial charge in [0.1, 0.15) is 0 Å². The lowest BCUT2D eigenvalue weighted by molar-refractivity contribution is 0.285. The van der Waals surface area contributed by atoms with Gasteiger partial charge < -0.3 is 20.3 Å². The van der Waals surface area contributed by atoms with E-state index in [9.17, 15) is 4.39 Å². The number of halogens is 1. The van der Waals surface area contributed by atoms with Crippen molar-refractivity contribution < 1.29 is 9.13 Å². The SMILES string of the molecule is CCOc1cc(N2CCC(CN(C)C)CC2)c(N)cc1F. The molecule has 1 aliphatic rings. The minimum absolute atomic E-state index is 0.289. The molecule has 1 aromatic carbocycles. The fraction of sp³-hybridized carbons (Fsp3) is 0.625. The summed E-state index contributed by atoms with van der Waals surface area (Å²) in [5.74, 6) is 0.627. The number of nitrogens with zero attached hydrogens (tertiary/aromatic N) is 2. The fourth-order valence-corrected chi connectivity index (χ4v) is 2.97. The van der Waals surface area contributed by atoms with Crippen LogP contribution in [0.15, 0.2) is 12.1 Å². The fourth-order valence-electron chi connectivity index (χ4n) is 2.97. The lowest BCUT2D eigenvalue weighted by atomic mass is 9.96. The summed E-state index contributed by atoms with van der Waals surface area (Å²) in [6, 6.07) is 3.10. The summed E-state index contributed by atoms with van der Waals surface area (Å²) in [5.41, 5.74) is 7.37. The Labute approximate surface area is 126 Å². The van der Waals surface area contributed by atoms with Gasteiger partial charge in [0.25, 0.3) is 0 Å². The van der Waals surface area contributed by atoms with Crippen LogP contribution >= 0.6 is 0 Å². The van der Waals surface area contributed by atoms with Crippen LogP contribution in [0, 0.1) is 11.7 Å². The zero-order valence-corrected chi connectivity index (χ0v) is 13.2. The highest BCUT2D eigenvalue weighted by molar-refractivity contribution is 5.70. The Bertz CT molecular complexity index is 471. The normalized spacial score (nSPS) is 16.5. The predicted octanol–water partition coefficient (Wildman–Crippen LogP) is 2.58. The molecule has 1 saturated heterocycles. The van der Waals surface area contributed by atoms with Gasteiger partial charge in [-0.2, -0.15) is 0 Å². The predicted molar refractivity (Wildman–Crippen MR) is 85.5 cm³/mol. The average molecular weight is 295 g/mol. The third-order valence-corrected chi connectivity index (χ3v) is 3.96. The minimum atomic E-state index is -0.388. The molecule has 0 atom stereocenters. The van der Waals surface area contributed by atoms with Gasteiger partial charge in [0, 0.05) is 31.8 Å². The van der Waals surface area contributed by atoms with Gasteiger partial charge in [0.05, 0.1) is 18.0 Å². The van der Waals surface area contributed by atoms with E-state index in [2.05, 4.69) is 23.9 Å². The molecule has 1 aliphatic heterocycles. The largest absolute Gasteiger partial charge is 0.491 e. The van der Waals surface area contributed by atoms with E-state index >= 15 is 0 Å². The van der Waals surface area contributed by atoms with E-state index in [0.29, 0.717) is 12.3 Å². The second-order valence-corrected chi connectivity index (χ2v) is 5.97. The Morgan fingerprint density at radius 3 is 2.57 bits per heavy atom. The summed E-state index contributed by atoms with van der Waals surface area (Å²) < 4.78 is 19.1. The Morgan fingerprint density at radius 2 is 2.00 bits per heavy atom. The number of benzene rings is 1. The lowest BCUT2D eigenvalue weighted by Gasteiger charge is -2.35. The molecule has 1 heterocycles. The third kappa shape index (κ3) is 4.00. The smallest absolute Gasteiger partial charge is 0.167 e. The molecule has 2 N–H and O–H groups in total. The molecule has 1 aromatic rings. The Balaban J connectivity index is 2.07. The zero-order chi connectivity index (χ0) is 15.4. The van der Waals surface area contributed by atoms with Crippen molar-refractivity contribution in [3.63, 3.8) is 0 Å². The van der Waals surface area contributed by atoms with Gasteiger partial charge >= 0.3 is 0 Å². The summed E-state index contributed by atoms with van der Waals surface area (Å²) in [4.78, 5) is 4.48. The lowest BCUT2D eigenvalue weighted by Crippen LogP contribution is -2.37. The van der Waals surface area contributed by atoms with Crippen LogP contribution in [0.1, 0.15) is 19.8 Å². The van der Waals surface area contributed by atoms with Gasteiger partial charge in [-0.3, -0.25) is 0 Å². The Hall–Kier alpha value is -1.49. The highest BCUT2D eigenvalue weighted by Crippen LogP contribution is 2.33. The molecule has 0 aromatic heterocycles. The molecule has 21 heavy (non-hydrogen) atoms. The molecule has 0 unspecified atom stereocenters. The molecule has 0 saturated carbocycles. The van der Waals surface area contributed by atoms with Crippen LogP contribution in [0.25, 0.3) is 0 Å². The van der Waals surface area contributed by atoms with Crippen molar-refractivity contribution in [3.05, 3.63) is 17.9 Å². The van der Waals surface area contributed by atoms with Crippen LogP contribution in [-0.4, -0.2) is 45.2 Å². The van der Waals surface area contributed by atoms with Gasteiger partial charge in [-0.1, -0.05) is 0 Å². The van der Waals surface area contributed by atoms with E-state index < -0.39 is 0 Å². The van der Waals surface area contributed by atoms with Gasteiger partial charge in [0.2, 0.25) is 0 Å². The van der Waals surface area contributed by atoms with Crippen LogP contribution in [0.2, 0.25) is 0 Å². The maximum Gasteiger partial charge on any atom is 0.167 e. The molecule has 0 radical (unpaired) electrons. The van der Waals surface area contributed by atoms with Crippen molar-refractivity contribution in [2.24, 2.45) is 5.92 Å². The second kappa shape index (κ2) is 6.98. The van der Waals surface area contributed by atoms with Gasteiger partial charge in [-0.15, -0.1) is 0 Å². The summed E-state index contributed by atoms with van der Waals surface area (Å²) in [6.45, 7) is 5.34. The highest BCUT2D eigenvalue weighted by Gasteiger charge is 2.22. The van der Waals surface area contributed by atoms with E-state index in [1.165, 1.54) is 6.07 Å². The van der Waals surface area contributed by atoms with Crippen molar-refractivity contribution in [1.82, 2.24) is 4.90 Å². The number of nitrogen functional groups attached to an aromatic ring is 1. The van der Waals surface area contributed by atoms with Gasteiger partial charge in [-0.25, -0.2) is 4.39 Å². The summed E-state index contributed by atoms with van der Waals surface area (Å²) in [5, 5.41) is 0. The molecule has 0 amide bonds. The highest BCUT2D eigenvalue weighted by atomic mass is 19.1.